The molecule has 1 atom stereocenters. The van der Waals surface area contributed by atoms with E-state index in [4.69, 9.17) is 28.3 Å². The van der Waals surface area contributed by atoms with Crippen molar-refractivity contribution in [3.8, 4) is 0 Å². The van der Waals surface area contributed by atoms with Crippen LogP contribution in [0.1, 0.15) is 18.9 Å². The minimum atomic E-state index is -0.787. The first-order chi connectivity index (χ1) is 7.50. The minimum absolute atomic E-state index is 0.0461. The summed E-state index contributed by atoms with van der Waals surface area (Å²) in [4.78, 5) is 10.5. The summed E-state index contributed by atoms with van der Waals surface area (Å²) in [5, 5.41) is 9.93. The van der Waals surface area contributed by atoms with E-state index in [0.717, 1.165) is 5.56 Å². The van der Waals surface area contributed by atoms with E-state index in [1.54, 1.807) is 18.2 Å². The highest BCUT2D eigenvalue weighted by molar-refractivity contribution is 7.99. The zero-order valence-corrected chi connectivity index (χ0v) is 11.1. The molecule has 88 valence electrons. The van der Waals surface area contributed by atoms with Gasteiger partial charge in [0.2, 0.25) is 0 Å². The number of carbonyl (C=O) groups is 1. The van der Waals surface area contributed by atoms with Crippen LogP contribution in [-0.4, -0.2) is 16.3 Å². The molecule has 1 aromatic carbocycles. The molecule has 0 bridgehead atoms. The Morgan fingerprint density at radius 1 is 1.44 bits per heavy atom. The number of hydrogen-bond donors (Lipinski definition) is 1. The number of carboxylic acids is 1. The Kier molecular flexibility index (Phi) is 5.46. The van der Waals surface area contributed by atoms with Crippen LogP contribution in [0.3, 0.4) is 0 Å². The van der Waals surface area contributed by atoms with Gasteiger partial charge in [0.1, 0.15) is 0 Å². The summed E-state index contributed by atoms with van der Waals surface area (Å²) in [6, 6.07) is 5.36. The van der Waals surface area contributed by atoms with E-state index in [1.807, 2.05) is 6.92 Å². The summed E-state index contributed by atoms with van der Waals surface area (Å²) in [5.74, 6) is -0.155. The van der Waals surface area contributed by atoms with E-state index >= 15 is 0 Å². The summed E-state index contributed by atoms with van der Waals surface area (Å²) in [6.07, 6.45) is 0.146. The maximum absolute atomic E-state index is 10.5. The fourth-order valence-corrected chi connectivity index (χ4v) is 2.91. The Hall–Kier alpha value is -0.380. The normalized spacial score (nSPS) is 12.4. The second-order valence-corrected chi connectivity index (χ2v) is 5.66. The molecule has 0 amide bonds. The average molecular weight is 279 g/mol. The maximum Gasteiger partial charge on any atom is 0.304 e. The van der Waals surface area contributed by atoms with Crippen LogP contribution in [0.15, 0.2) is 18.2 Å². The van der Waals surface area contributed by atoms with Crippen molar-refractivity contribution < 1.29 is 9.90 Å². The van der Waals surface area contributed by atoms with Gasteiger partial charge in [0.15, 0.2) is 0 Å². The maximum atomic E-state index is 10.5. The Labute approximate surface area is 109 Å². The molecule has 0 radical (unpaired) electrons. The average Bonchev–Trinajstić information content (AvgIpc) is 2.15. The molecule has 0 aromatic heterocycles. The number of halogens is 2. The second kappa shape index (κ2) is 6.38. The summed E-state index contributed by atoms with van der Waals surface area (Å²) in [7, 11) is 0. The van der Waals surface area contributed by atoms with Crippen LogP contribution in [0.2, 0.25) is 10.0 Å². The molecule has 0 aliphatic carbocycles. The molecule has 0 saturated heterocycles. The van der Waals surface area contributed by atoms with Gasteiger partial charge in [0.25, 0.3) is 0 Å². The van der Waals surface area contributed by atoms with Crippen LogP contribution in [0.4, 0.5) is 0 Å². The van der Waals surface area contributed by atoms with Gasteiger partial charge in [0.05, 0.1) is 6.42 Å². The van der Waals surface area contributed by atoms with Crippen LogP contribution in [-0.2, 0) is 10.5 Å². The SMILES string of the molecule is CC(CC(=O)O)SCc1c(Cl)cccc1Cl. The fourth-order valence-electron chi connectivity index (χ4n) is 1.20. The lowest BCUT2D eigenvalue weighted by molar-refractivity contribution is -0.136. The third-order valence-electron chi connectivity index (χ3n) is 2.04. The molecule has 0 saturated carbocycles. The number of thioether (sulfide) groups is 1. The highest BCUT2D eigenvalue weighted by Crippen LogP contribution is 2.30. The van der Waals surface area contributed by atoms with E-state index in [9.17, 15) is 4.79 Å². The minimum Gasteiger partial charge on any atom is -0.481 e. The molecule has 16 heavy (non-hydrogen) atoms. The van der Waals surface area contributed by atoms with Crippen LogP contribution < -0.4 is 0 Å². The number of rotatable bonds is 5. The molecule has 1 rings (SSSR count). The van der Waals surface area contributed by atoms with Gasteiger partial charge >= 0.3 is 5.97 Å². The Morgan fingerprint density at radius 2 is 2.00 bits per heavy atom. The van der Waals surface area contributed by atoms with Gasteiger partial charge in [-0.3, -0.25) is 4.79 Å². The topological polar surface area (TPSA) is 37.3 Å². The molecule has 0 aliphatic rings. The standard InChI is InChI=1S/C11H12Cl2O2S/c1-7(5-11(14)15)16-6-8-9(12)3-2-4-10(8)13/h2-4,7H,5-6H2,1H3,(H,14,15). The van der Waals surface area contributed by atoms with E-state index in [1.165, 1.54) is 11.8 Å². The van der Waals surface area contributed by atoms with Crippen molar-refractivity contribution in [1.82, 2.24) is 0 Å². The van der Waals surface area contributed by atoms with Crippen molar-refractivity contribution >= 4 is 40.9 Å². The predicted molar refractivity (Wildman–Crippen MR) is 69.5 cm³/mol. The molecule has 1 N–H and O–H groups in total. The van der Waals surface area contributed by atoms with Crippen LogP contribution in [0, 0.1) is 0 Å². The summed E-state index contributed by atoms with van der Waals surface area (Å²) in [5.41, 5.74) is 0.869. The first-order valence-electron chi connectivity index (χ1n) is 4.77. The van der Waals surface area contributed by atoms with E-state index in [0.29, 0.717) is 15.8 Å². The zero-order chi connectivity index (χ0) is 12.1. The first kappa shape index (κ1) is 13.7. The monoisotopic (exact) mass is 278 g/mol. The molecule has 2 nitrogen and oxygen atoms in total. The van der Waals surface area contributed by atoms with Crippen molar-refractivity contribution in [2.45, 2.75) is 24.3 Å². The molecule has 0 aliphatic heterocycles. The summed E-state index contributed by atoms with van der Waals surface area (Å²) in [6.45, 7) is 1.88. The predicted octanol–water partition coefficient (Wildman–Crippen LogP) is 4.09. The fraction of sp³-hybridized carbons (Fsp3) is 0.364. The van der Waals surface area contributed by atoms with Gasteiger partial charge in [-0.15, -0.1) is 0 Å². The third kappa shape index (κ3) is 4.24. The smallest absolute Gasteiger partial charge is 0.304 e. The largest absolute Gasteiger partial charge is 0.481 e. The lowest BCUT2D eigenvalue weighted by Crippen LogP contribution is -2.06. The molecular weight excluding hydrogens is 267 g/mol. The number of benzene rings is 1. The number of aliphatic carboxylic acids is 1. The lowest BCUT2D eigenvalue weighted by atomic mass is 10.2. The van der Waals surface area contributed by atoms with E-state index in [-0.39, 0.29) is 11.7 Å². The number of hydrogen-bond acceptors (Lipinski definition) is 2. The van der Waals surface area contributed by atoms with Gasteiger partial charge in [-0.25, -0.2) is 0 Å². The zero-order valence-electron chi connectivity index (χ0n) is 8.74. The molecule has 5 heteroatoms. The first-order valence-corrected chi connectivity index (χ1v) is 6.57. The van der Waals surface area contributed by atoms with Gasteiger partial charge in [-0.2, -0.15) is 11.8 Å². The highest BCUT2D eigenvalue weighted by atomic mass is 35.5. The van der Waals surface area contributed by atoms with Crippen molar-refractivity contribution in [1.29, 1.82) is 0 Å². The van der Waals surface area contributed by atoms with Gasteiger partial charge < -0.3 is 5.11 Å². The summed E-state index contributed by atoms with van der Waals surface area (Å²) >= 11 is 13.5. The van der Waals surface area contributed by atoms with Gasteiger partial charge in [-0.1, -0.05) is 36.2 Å². The quantitative estimate of drug-likeness (QED) is 0.882. The van der Waals surface area contributed by atoms with Crippen molar-refractivity contribution in [3.63, 3.8) is 0 Å². The second-order valence-electron chi connectivity index (χ2n) is 3.42. The van der Waals surface area contributed by atoms with E-state index in [2.05, 4.69) is 0 Å². The van der Waals surface area contributed by atoms with E-state index < -0.39 is 5.97 Å². The highest BCUT2D eigenvalue weighted by Gasteiger charge is 2.11. The molecule has 1 unspecified atom stereocenters. The van der Waals surface area contributed by atoms with Crippen LogP contribution in [0.25, 0.3) is 0 Å². The van der Waals surface area contributed by atoms with Gasteiger partial charge in [-0.05, 0) is 17.7 Å². The molecular formula is C11H12Cl2O2S. The molecule has 0 heterocycles. The Morgan fingerprint density at radius 3 is 2.50 bits per heavy atom. The lowest BCUT2D eigenvalue weighted by Gasteiger charge is -2.10. The Bertz CT molecular complexity index is 362. The summed E-state index contributed by atoms with van der Waals surface area (Å²) < 4.78 is 0. The van der Waals surface area contributed by atoms with Crippen LogP contribution in [0.5, 0.6) is 0 Å². The van der Waals surface area contributed by atoms with Gasteiger partial charge in [0, 0.05) is 21.0 Å². The molecule has 0 fully saturated rings. The van der Waals surface area contributed by atoms with Crippen molar-refractivity contribution in [3.05, 3.63) is 33.8 Å². The molecule has 0 spiro atoms. The molecule has 1 aromatic rings. The van der Waals surface area contributed by atoms with Crippen molar-refractivity contribution in [2.24, 2.45) is 0 Å². The number of carboxylic acid groups (broad SMARTS) is 1. The van der Waals surface area contributed by atoms with Crippen LogP contribution >= 0.6 is 35.0 Å². The van der Waals surface area contributed by atoms with Crippen molar-refractivity contribution in [2.75, 3.05) is 0 Å². The third-order valence-corrected chi connectivity index (χ3v) is 3.94. The Balaban J connectivity index is 2.57.